The number of aliphatic hydroxyl groups excluding tert-OH is 1. The molecule has 1 aliphatic rings. The molecule has 17 heavy (non-hydrogen) atoms. The van der Waals surface area contributed by atoms with E-state index >= 15 is 0 Å². The van der Waals surface area contributed by atoms with Crippen LogP contribution in [0.15, 0.2) is 24.3 Å². The number of carbonyl (C=O) groups is 1. The average molecular weight is 235 g/mol. The molecular formula is C13H17NO3. The van der Waals surface area contributed by atoms with E-state index in [2.05, 4.69) is 0 Å². The minimum atomic E-state index is -0.902. The number of nitrogens with two attached hydrogens (primary N) is 1. The van der Waals surface area contributed by atoms with Gasteiger partial charge in [-0.1, -0.05) is 24.3 Å². The lowest BCUT2D eigenvalue weighted by Crippen LogP contribution is -2.21. The molecule has 4 N–H and O–H groups in total. The van der Waals surface area contributed by atoms with Crippen molar-refractivity contribution in [1.29, 1.82) is 0 Å². The first-order chi connectivity index (χ1) is 8.09. The molecular weight excluding hydrogens is 218 g/mol. The number of hydrogen-bond donors (Lipinski definition) is 3. The van der Waals surface area contributed by atoms with E-state index in [0.29, 0.717) is 0 Å². The predicted octanol–water partition coefficient (Wildman–Crippen LogP) is 1.19. The highest BCUT2D eigenvalue weighted by molar-refractivity contribution is 5.68. The van der Waals surface area contributed by atoms with Crippen LogP contribution in [0.5, 0.6) is 0 Å². The van der Waals surface area contributed by atoms with Crippen molar-refractivity contribution >= 4 is 5.97 Å². The van der Waals surface area contributed by atoms with Crippen molar-refractivity contribution in [3.63, 3.8) is 0 Å². The summed E-state index contributed by atoms with van der Waals surface area (Å²) in [5.41, 5.74) is 7.60. The molecule has 1 unspecified atom stereocenters. The largest absolute Gasteiger partial charge is 0.481 e. The minimum absolute atomic E-state index is 0.0848. The monoisotopic (exact) mass is 235 g/mol. The molecule has 0 bridgehead atoms. The molecule has 4 nitrogen and oxygen atoms in total. The van der Waals surface area contributed by atoms with E-state index in [-0.39, 0.29) is 18.4 Å². The summed E-state index contributed by atoms with van der Waals surface area (Å²) >= 11 is 0. The molecule has 1 fully saturated rings. The lowest BCUT2D eigenvalue weighted by molar-refractivity contribution is -0.137. The Balaban J connectivity index is 2.31. The number of aliphatic hydroxyl groups is 1. The van der Waals surface area contributed by atoms with Crippen LogP contribution in [-0.2, 0) is 10.2 Å². The minimum Gasteiger partial charge on any atom is -0.481 e. The zero-order valence-electron chi connectivity index (χ0n) is 9.60. The third-order valence-electron chi connectivity index (χ3n) is 3.48. The van der Waals surface area contributed by atoms with Crippen LogP contribution in [0.25, 0.3) is 0 Å². The molecule has 1 aromatic rings. The topological polar surface area (TPSA) is 83.6 Å². The van der Waals surface area contributed by atoms with Gasteiger partial charge < -0.3 is 15.9 Å². The van der Waals surface area contributed by atoms with E-state index in [1.54, 1.807) is 0 Å². The standard InChI is InChI=1S/C13H17NO3/c14-11(7-12(16)17)9-3-1-2-4-10(9)13(8-15)5-6-13/h1-4,11,15H,5-8,14H2,(H,16,17). The summed E-state index contributed by atoms with van der Waals surface area (Å²) in [5, 5.41) is 18.2. The van der Waals surface area contributed by atoms with Crippen LogP contribution in [0.3, 0.4) is 0 Å². The number of carboxylic acids is 1. The van der Waals surface area contributed by atoms with Crippen LogP contribution in [-0.4, -0.2) is 22.8 Å². The maximum absolute atomic E-state index is 10.7. The summed E-state index contributed by atoms with van der Waals surface area (Å²) in [7, 11) is 0. The van der Waals surface area contributed by atoms with Gasteiger partial charge in [-0.25, -0.2) is 0 Å². The van der Waals surface area contributed by atoms with Crippen molar-refractivity contribution in [1.82, 2.24) is 0 Å². The van der Waals surface area contributed by atoms with E-state index in [1.165, 1.54) is 0 Å². The van der Waals surface area contributed by atoms with Crippen LogP contribution in [0.1, 0.15) is 36.4 Å². The molecule has 0 radical (unpaired) electrons. The van der Waals surface area contributed by atoms with Crippen molar-refractivity contribution in [3.8, 4) is 0 Å². The van der Waals surface area contributed by atoms with E-state index in [0.717, 1.165) is 24.0 Å². The first-order valence-electron chi connectivity index (χ1n) is 5.77. The molecule has 92 valence electrons. The van der Waals surface area contributed by atoms with Gasteiger partial charge in [-0.2, -0.15) is 0 Å². The summed E-state index contributed by atoms with van der Waals surface area (Å²) in [6.07, 6.45) is 1.80. The number of aliphatic carboxylic acids is 1. The zero-order valence-corrected chi connectivity index (χ0v) is 9.60. The van der Waals surface area contributed by atoms with Crippen molar-refractivity contribution in [2.24, 2.45) is 5.73 Å². The molecule has 0 saturated heterocycles. The van der Waals surface area contributed by atoms with Crippen LogP contribution < -0.4 is 5.73 Å². The van der Waals surface area contributed by atoms with Gasteiger partial charge in [0.05, 0.1) is 13.0 Å². The summed E-state index contributed by atoms with van der Waals surface area (Å²) < 4.78 is 0. The van der Waals surface area contributed by atoms with E-state index in [4.69, 9.17) is 10.8 Å². The van der Waals surface area contributed by atoms with Crippen LogP contribution in [0.4, 0.5) is 0 Å². The lowest BCUT2D eigenvalue weighted by Gasteiger charge is -2.20. The maximum Gasteiger partial charge on any atom is 0.305 e. The number of carboxylic acid groups (broad SMARTS) is 1. The van der Waals surface area contributed by atoms with Crippen molar-refractivity contribution in [2.75, 3.05) is 6.61 Å². The Labute approximate surface area is 100 Å². The fourth-order valence-electron chi connectivity index (χ4n) is 2.26. The third-order valence-corrected chi connectivity index (χ3v) is 3.48. The number of benzene rings is 1. The van der Waals surface area contributed by atoms with Gasteiger partial charge in [0.25, 0.3) is 0 Å². The van der Waals surface area contributed by atoms with Crippen LogP contribution >= 0.6 is 0 Å². The second-order valence-electron chi connectivity index (χ2n) is 4.73. The molecule has 1 atom stereocenters. The highest BCUT2D eigenvalue weighted by Crippen LogP contribution is 2.49. The van der Waals surface area contributed by atoms with E-state index in [1.807, 2.05) is 24.3 Å². The molecule has 1 saturated carbocycles. The summed E-state index contributed by atoms with van der Waals surface area (Å²) in [6, 6.07) is 7.06. The van der Waals surface area contributed by atoms with Gasteiger partial charge in [-0.05, 0) is 24.0 Å². The maximum atomic E-state index is 10.7. The third kappa shape index (κ3) is 2.33. The molecule has 0 aliphatic heterocycles. The average Bonchev–Trinajstić information content (AvgIpc) is 3.09. The Morgan fingerprint density at radius 1 is 1.41 bits per heavy atom. The highest BCUT2D eigenvalue weighted by atomic mass is 16.4. The molecule has 1 aliphatic carbocycles. The predicted molar refractivity (Wildman–Crippen MR) is 63.6 cm³/mol. The van der Waals surface area contributed by atoms with Gasteiger partial charge in [-0.3, -0.25) is 4.79 Å². The van der Waals surface area contributed by atoms with Gasteiger partial charge in [0.1, 0.15) is 0 Å². The van der Waals surface area contributed by atoms with Gasteiger partial charge in [0, 0.05) is 11.5 Å². The summed E-state index contributed by atoms with van der Waals surface area (Å²) in [4.78, 5) is 10.7. The summed E-state index contributed by atoms with van der Waals surface area (Å²) in [5.74, 6) is -0.902. The van der Waals surface area contributed by atoms with Crippen LogP contribution in [0.2, 0.25) is 0 Å². The smallest absolute Gasteiger partial charge is 0.305 e. The first-order valence-corrected chi connectivity index (χ1v) is 5.77. The molecule has 4 heteroatoms. The fourth-order valence-corrected chi connectivity index (χ4v) is 2.26. The normalized spacial score (nSPS) is 18.7. The molecule has 2 rings (SSSR count). The Hall–Kier alpha value is -1.39. The summed E-state index contributed by atoms with van der Waals surface area (Å²) in [6.45, 7) is 0.101. The highest BCUT2D eigenvalue weighted by Gasteiger charge is 2.45. The molecule has 0 heterocycles. The number of hydrogen-bond acceptors (Lipinski definition) is 3. The van der Waals surface area contributed by atoms with Gasteiger partial charge in [-0.15, -0.1) is 0 Å². The zero-order chi connectivity index (χ0) is 12.5. The number of rotatable bonds is 5. The van der Waals surface area contributed by atoms with Crippen molar-refractivity contribution in [2.45, 2.75) is 30.7 Å². The Morgan fingerprint density at radius 3 is 2.59 bits per heavy atom. The molecule has 0 amide bonds. The Bertz CT molecular complexity index is 426. The van der Waals surface area contributed by atoms with Crippen LogP contribution in [0, 0.1) is 0 Å². The second-order valence-corrected chi connectivity index (χ2v) is 4.73. The molecule has 1 aromatic carbocycles. The first kappa shape index (κ1) is 12.1. The van der Waals surface area contributed by atoms with Crippen molar-refractivity contribution in [3.05, 3.63) is 35.4 Å². The molecule has 0 spiro atoms. The quantitative estimate of drug-likeness (QED) is 0.715. The molecule has 0 aromatic heterocycles. The van der Waals surface area contributed by atoms with Gasteiger partial charge in [0.15, 0.2) is 0 Å². The van der Waals surface area contributed by atoms with E-state index in [9.17, 15) is 9.90 Å². The Kier molecular flexibility index (Phi) is 3.17. The van der Waals surface area contributed by atoms with E-state index < -0.39 is 12.0 Å². The lowest BCUT2D eigenvalue weighted by atomic mass is 9.88. The van der Waals surface area contributed by atoms with Gasteiger partial charge >= 0.3 is 5.97 Å². The SMILES string of the molecule is NC(CC(=O)O)c1ccccc1C1(CO)CC1. The van der Waals surface area contributed by atoms with Crippen molar-refractivity contribution < 1.29 is 15.0 Å². The Morgan fingerprint density at radius 2 is 2.06 bits per heavy atom. The fraction of sp³-hybridized carbons (Fsp3) is 0.462. The second kappa shape index (κ2) is 4.47. The van der Waals surface area contributed by atoms with Gasteiger partial charge in [0.2, 0.25) is 0 Å².